The van der Waals surface area contributed by atoms with Crippen molar-refractivity contribution >= 4 is 16.0 Å². The highest BCUT2D eigenvalue weighted by Gasteiger charge is 2.36. The summed E-state index contributed by atoms with van der Waals surface area (Å²) in [5.74, 6) is 1.03. The summed E-state index contributed by atoms with van der Waals surface area (Å²) in [5.41, 5.74) is 0.468. The molecular formula is C17H34N4O2S. The number of hydrogen-bond acceptors (Lipinski definition) is 3. The first kappa shape index (κ1) is 19.5. The van der Waals surface area contributed by atoms with Crippen LogP contribution in [-0.4, -0.2) is 58.3 Å². The van der Waals surface area contributed by atoms with Crippen LogP contribution in [0.4, 0.5) is 0 Å². The molecule has 1 heterocycles. The third-order valence-corrected chi connectivity index (χ3v) is 6.85. The molecule has 6 nitrogen and oxygen atoms in total. The molecule has 0 bridgehead atoms. The first-order valence-corrected chi connectivity index (χ1v) is 11.1. The Balaban J connectivity index is 1.86. The number of guanidine groups is 1. The van der Waals surface area contributed by atoms with Gasteiger partial charge < -0.3 is 10.2 Å². The second kappa shape index (κ2) is 9.04. The Morgan fingerprint density at radius 2 is 1.75 bits per heavy atom. The first-order chi connectivity index (χ1) is 11.5. The van der Waals surface area contributed by atoms with Gasteiger partial charge in [-0.05, 0) is 38.0 Å². The van der Waals surface area contributed by atoms with Crippen molar-refractivity contribution in [1.29, 1.82) is 0 Å². The van der Waals surface area contributed by atoms with Crippen LogP contribution >= 0.6 is 0 Å². The Labute approximate surface area is 147 Å². The lowest BCUT2D eigenvalue weighted by atomic mass is 9.74. The van der Waals surface area contributed by atoms with E-state index in [4.69, 9.17) is 0 Å². The Morgan fingerprint density at radius 1 is 1.08 bits per heavy atom. The molecule has 1 aliphatic carbocycles. The number of piperidine rings is 1. The largest absolute Gasteiger partial charge is 0.355 e. The normalized spacial score (nSPS) is 22.4. The second-order valence-electron chi connectivity index (χ2n) is 7.21. The number of nitrogens with one attached hydrogen (secondary N) is 2. The summed E-state index contributed by atoms with van der Waals surface area (Å²) in [4.78, 5) is 6.80. The fourth-order valence-electron chi connectivity index (χ4n) is 4.09. The Hall–Kier alpha value is -0.820. The van der Waals surface area contributed by atoms with Gasteiger partial charge in [0.25, 0.3) is 0 Å². The van der Waals surface area contributed by atoms with Gasteiger partial charge in [0, 0.05) is 33.2 Å². The van der Waals surface area contributed by atoms with Gasteiger partial charge in [-0.1, -0.05) is 25.7 Å². The Bertz CT molecular complexity index is 511. The van der Waals surface area contributed by atoms with E-state index in [1.807, 2.05) is 7.05 Å². The lowest BCUT2D eigenvalue weighted by Crippen LogP contribution is -2.51. The van der Waals surface area contributed by atoms with Crippen molar-refractivity contribution in [3.63, 3.8) is 0 Å². The predicted molar refractivity (Wildman–Crippen MR) is 99.8 cm³/mol. The van der Waals surface area contributed by atoms with E-state index in [0.29, 0.717) is 18.5 Å². The lowest BCUT2D eigenvalue weighted by molar-refractivity contribution is 0.115. The van der Waals surface area contributed by atoms with Crippen LogP contribution in [0.1, 0.15) is 58.3 Å². The van der Waals surface area contributed by atoms with E-state index in [1.54, 1.807) is 6.92 Å². The fourth-order valence-corrected chi connectivity index (χ4v) is 4.71. The predicted octanol–water partition coefficient (Wildman–Crippen LogP) is 1.94. The molecule has 0 aromatic carbocycles. The molecule has 0 unspecified atom stereocenters. The molecule has 140 valence electrons. The van der Waals surface area contributed by atoms with Crippen molar-refractivity contribution in [2.24, 2.45) is 10.4 Å². The highest BCUT2D eigenvalue weighted by molar-refractivity contribution is 7.89. The minimum Gasteiger partial charge on any atom is -0.355 e. The van der Waals surface area contributed by atoms with Crippen LogP contribution in [0.15, 0.2) is 4.99 Å². The minimum atomic E-state index is -3.12. The van der Waals surface area contributed by atoms with Crippen LogP contribution in [-0.2, 0) is 10.0 Å². The zero-order valence-electron chi connectivity index (χ0n) is 15.3. The van der Waals surface area contributed by atoms with E-state index in [2.05, 4.69) is 19.9 Å². The van der Waals surface area contributed by atoms with Crippen LogP contribution in [0.3, 0.4) is 0 Å². The third-order valence-electron chi connectivity index (χ3n) is 5.45. The molecule has 1 saturated carbocycles. The van der Waals surface area contributed by atoms with Crippen molar-refractivity contribution < 1.29 is 8.42 Å². The molecule has 2 aliphatic rings. The van der Waals surface area contributed by atoms with Gasteiger partial charge in [0.1, 0.15) is 0 Å². The topological polar surface area (TPSA) is 73.8 Å². The van der Waals surface area contributed by atoms with E-state index in [-0.39, 0.29) is 5.75 Å². The zero-order chi connectivity index (χ0) is 17.5. The van der Waals surface area contributed by atoms with Crippen LogP contribution in [0.5, 0.6) is 0 Å². The smallest absolute Gasteiger partial charge is 0.211 e. The number of hydrogen-bond donors (Lipinski definition) is 2. The molecule has 1 spiro atoms. The van der Waals surface area contributed by atoms with Gasteiger partial charge in [0.05, 0.1) is 5.75 Å². The summed E-state index contributed by atoms with van der Waals surface area (Å²) < 4.78 is 25.5. The van der Waals surface area contributed by atoms with Crippen molar-refractivity contribution in [1.82, 2.24) is 14.9 Å². The molecule has 0 amide bonds. The first-order valence-electron chi connectivity index (χ1n) is 9.43. The molecule has 2 N–H and O–H groups in total. The van der Waals surface area contributed by atoms with Crippen molar-refractivity contribution in [3.8, 4) is 0 Å². The molecule has 0 aromatic rings. The fraction of sp³-hybridized carbons (Fsp3) is 0.941. The van der Waals surface area contributed by atoms with E-state index < -0.39 is 10.0 Å². The highest BCUT2D eigenvalue weighted by Crippen LogP contribution is 2.42. The molecule has 24 heavy (non-hydrogen) atoms. The van der Waals surface area contributed by atoms with Gasteiger partial charge >= 0.3 is 0 Å². The molecule has 0 aromatic heterocycles. The molecular weight excluding hydrogens is 324 g/mol. The van der Waals surface area contributed by atoms with Crippen LogP contribution in [0.2, 0.25) is 0 Å². The van der Waals surface area contributed by atoms with E-state index in [1.165, 1.54) is 51.4 Å². The molecule has 1 aliphatic heterocycles. The highest BCUT2D eigenvalue weighted by atomic mass is 32.2. The van der Waals surface area contributed by atoms with E-state index in [0.717, 1.165) is 19.0 Å². The summed E-state index contributed by atoms with van der Waals surface area (Å²) in [6.07, 6.45) is 10.7. The molecule has 2 rings (SSSR count). The van der Waals surface area contributed by atoms with E-state index >= 15 is 0 Å². The maximum Gasteiger partial charge on any atom is 0.211 e. The lowest BCUT2D eigenvalue weighted by Gasteiger charge is -2.44. The van der Waals surface area contributed by atoms with Crippen molar-refractivity contribution in [2.75, 3.05) is 39.0 Å². The third kappa shape index (κ3) is 5.62. The van der Waals surface area contributed by atoms with Gasteiger partial charge in [-0.3, -0.25) is 4.99 Å². The monoisotopic (exact) mass is 358 g/mol. The van der Waals surface area contributed by atoms with Crippen LogP contribution in [0.25, 0.3) is 0 Å². The summed E-state index contributed by atoms with van der Waals surface area (Å²) >= 11 is 0. The SMILES string of the molecule is CCS(=O)(=O)NCCNC(=NC)N1CCCC2(CCCCCC2)C1. The summed E-state index contributed by atoms with van der Waals surface area (Å²) in [7, 11) is -1.31. The number of likely N-dealkylation sites (tertiary alicyclic amines) is 1. The number of rotatable bonds is 5. The quantitative estimate of drug-likeness (QED) is 0.447. The summed E-state index contributed by atoms with van der Waals surface area (Å²) in [5, 5.41) is 3.32. The average Bonchev–Trinajstić information content (AvgIpc) is 2.80. The Kier molecular flexibility index (Phi) is 7.34. The number of nitrogens with zero attached hydrogens (tertiary/aromatic N) is 2. The number of aliphatic imine (C=N–C) groups is 1. The summed E-state index contributed by atoms with van der Waals surface area (Å²) in [6.45, 7) is 4.74. The van der Waals surface area contributed by atoms with Crippen LogP contribution in [0, 0.1) is 5.41 Å². The molecule has 0 atom stereocenters. The van der Waals surface area contributed by atoms with E-state index in [9.17, 15) is 8.42 Å². The van der Waals surface area contributed by atoms with Gasteiger partial charge in [-0.25, -0.2) is 13.1 Å². The molecule has 1 saturated heterocycles. The Morgan fingerprint density at radius 3 is 2.38 bits per heavy atom. The maximum absolute atomic E-state index is 11.5. The molecule has 0 radical (unpaired) electrons. The second-order valence-corrected chi connectivity index (χ2v) is 9.31. The average molecular weight is 359 g/mol. The zero-order valence-corrected chi connectivity index (χ0v) is 16.1. The summed E-state index contributed by atoms with van der Waals surface area (Å²) in [6, 6.07) is 0. The van der Waals surface area contributed by atoms with Gasteiger partial charge in [-0.15, -0.1) is 0 Å². The maximum atomic E-state index is 11.5. The van der Waals surface area contributed by atoms with Gasteiger partial charge in [0.15, 0.2) is 5.96 Å². The molecule has 7 heteroatoms. The van der Waals surface area contributed by atoms with Crippen molar-refractivity contribution in [2.45, 2.75) is 58.3 Å². The molecule has 2 fully saturated rings. The van der Waals surface area contributed by atoms with Gasteiger partial charge in [-0.2, -0.15) is 0 Å². The van der Waals surface area contributed by atoms with Crippen molar-refractivity contribution in [3.05, 3.63) is 0 Å². The van der Waals surface area contributed by atoms with Crippen LogP contribution < -0.4 is 10.0 Å². The minimum absolute atomic E-state index is 0.121. The standard InChI is InChI=1S/C17H34N4O2S/c1-3-24(22,23)20-13-12-19-16(18-2)21-14-8-11-17(15-21)9-6-4-5-7-10-17/h20H,3-15H2,1-2H3,(H,18,19). The van der Waals surface area contributed by atoms with Gasteiger partial charge in [0.2, 0.25) is 10.0 Å². The number of sulfonamides is 1.